The van der Waals surface area contributed by atoms with Gasteiger partial charge < -0.3 is 19.6 Å². The average molecular weight is 497 g/mol. The topological polar surface area (TPSA) is 64.5 Å². The first kappa shape index (κ1) is 26.7. The second-order valence-electron chi connectivity index (χ2n) is 10.5. The molecule has 8 heteroatoms. The molecule has 4 rings (SSSR count). The van der Waals surface area contributed by atoms with Gasteiger partial charge in [0.25, 0.3) is 0 Å². The van der Waals surface area contributed by atoms with Crippen LogP contribution in [0, 0.1) is 0 Å². The molecule has 2 fully saturated rings. The van der Waals surface area contributed by atoms with Gasteiger partial charge in [0.05, 0.1) is 0 Å². The lowest BCUT2D eigenvalue weighted by atomic mass is 10.1. The van der Waals surface area contributed by atoms with Crippen molar-refractivity contribution in [3.05, 3.63) is 0 Å². The lowest BCUT2D eigenvalue weighted by Crippen LogP contribution is -2.35. The molecule has 8 nitrogen and oxygen atoms in total. The van der Waals surface area contributed by atoms with Crippen molar-refractivity contribution in [3.8, 4) is 0 Å². The highest BCUT2D eigenvalue weighted by molar-refractivity contribution is 5.95. The maximum atomic E-state index is 5.25. The fourth-order valence-electron chi connectivity index (χ4n) is 5.60. The van der Waals surface area contributed by atoms with Crippen LogP contribution in [0.2, 0.25) is 0 Å². The van der Waals surface area contributed by atoms with Crippen molar-refractivity contribution in [1.29, 1.82) is 0 Å². The van der Waals surface area contributed by atoms with E-state index in [4.69, 9.17) is 19.9 Å². The quantitative estimate of drug-likeness (QED) is 0.373. The largest absolute Gasteiger partial charge is 0.355 e. The Hall–Kier alpha value is -2.38. The van der Waals surface area contributed by atoms with Crippen LogP contribution in [-0.2, 0) is 0 Å². The third kappa shape index (κ3) is 6.12. The van der Waals surface area contributed by atoms with Crippen molar-refractivity contribution in [2.45, 2.75) is 91.9 Å². The van der Waals surface area contributed by atoms with Crippen molar-refractivity contribution < 1.29 is 0 Å². The minimum Gasteiger partial charge on any atom is -0.355 e. The van der Waals surface area contributed by atoms with E-state index in [0.717, 1.165) is 113 Å². The van der Waals surface area contributed by atoms with Crippen molar-refractivity contribution in [2.24, 2.45) is 0 Å². The smallest absolute Gasteiger partial charge is 0.228 e. The molecule has 0 bridgehead atoms. The molecule has 0 N–H and O–H groups in total. The molecule has 4 heterocycles. The predicted molar refractivity (Wildman–Crippen MR) is 153 cm³/mol. The van der Waals surface area contributed by atoms with Crippen LogP contribution in [0.25, 0.3) is 11.0 Å². The minimum atomic E-state index is 0.848. The molecule has 0 unspecified atom stereocenters. The number of rotatable bonds is 12. The van der Waals surface area contributed by atoms with Crippen LogP contribution in [0.5, 0.6) is 0 Å². The highest BCUT2D eigenvalue weighted by Gasteiger charge is 2.26. The Balaban J connectivity index is 1.94. The zero-order valence-corrected chi connectivity index (χ0v) is 23.3. The van der Waals surface area contributed by atoms with E-state index in [-0.39, 0.29) is 0 Å². The molecule has 0 amide bonds. The number of piperidine rings is 2. The van der Waals surface area contributed by atoms with E-state index >= 15 is 0 Å². The standard InChI is InChI=1S/C28H48N8/c1-5-15-35(16-6-2)27-29-23-24(25(31-27)33-19-11-9-12-20-33)30-28(36(17-7-3)18-8-4)32-26(23)34-21-13-10-14-22-34/h5-22H2,1-4H3. The summed E-state index contributed by atoms with van der Waals surface area (Å²) in [6.07, 6.45) is 11.8. The molecule has 0 radical (unpaired) electrons. The summed E-state index contributed by atoms with van der Waals surface area (Å²) in [6, 6.07) is 0. The lowest BCUT2D eigenvalue weighted by molar-refractivity contribution is 0.571. The monoisotopic (exact) mass is 496 g/mol. The molecular formula is C28H48N8. The Morgan fingerprint density at radius 2 is 0.833 bits per heavy atom. The van der Waals surface area contributed by atoms with Gasteiger partial charge in [-0.25, -0.2) is 9.97 Å². The van der Waals surface area contributed by atoms with Crippen LogP contribution in [-0.4, -0.2) is 72.3 Å². The van der Waals surface area contributed by atoms with Crippen LogP contribution in [0.1, 0.15) is 91.9 Å². The third-order valence-corrected chi connectivity index (χ3v) is 7.33. The first-order chi connectivity index (χ1) is 17.7. The van der Waals surface area contributed by atoms with Gasteiger partial charge >= 0.3 is 0 Å². The van der Waals surface area contributed by atoms with E-state index < -0.39 is 0 Å². The van der Waals surface area contributed by atoms with Crippen LogP contribution in [0.4, 0.5) is 23.5 Å². The van der Waals surface area contributed by atoms with Crippen LogP contribution in [0.15, 0.2) is 0 Å². The molecule has 200 valence electrons. The van der Waals surface area contributed by atoms with Gasteiger partial charge in [-0.1, -0.05) is 27.7 Å². The number of fused-ring (bicyclic) bond motifs is 1. The van der Waals surface area contributed by atoms with E-state index in [0.29, 0.717) is 0 Å². The lowest BCUT2D eigenvalue weighted by Gasteiger charge is -2.33. The number of hydrogen-bond donors (Lipinski definition) is 0. The number of aromatic nitrogens is 4. The SMILES string of the molecule is CCCN(CCC)c1nc(N2CCCCC2)c2nc(N(CCC)CCC)nc(N3CCCCC3)c2n1. The van der Waals surface area contributed by atoms with Gasteiger partial charge in [0.1, 0.15) is 11.0 Å². The summed E-state index contributed by atoms with van der Waals surface area (Å²) in [4.78, 5) is 30.6. The van der Waals surface area contributed by atoms with Gasteiger partial charge in [-0.15, -0.1) is 0 Å². The molecule has 0 saturated carbocycles. The van der Waals surface area contributed by atoms with Crippen LogP contribution < -0.4 is 19.6 Å². The fraction of sp³-hybridized carbons (Fsp3) is 0.786. The van der Waals surface area contributed by atoms with Gasteiger partial charge in [0.15, 0.2) is 11.6 Å². The van der Waals surface area contributed by atoms with Gasteiger partial charge in [-0.05, 0) is 64.2 Å². The maximum Gasteiger partial charge on any atom is 0.228 e. The second-order valence-corrected chi connectivity index (χ2v) is 10.5. The van der Waals surface area contributed by atoms with Crippen molar-refractivity contribution >= 4 is 34.6 Å². The molecule has 2 aliphatic rings. The summed E-state index contributed by atoms with van der Waals surface area (Å²) >= 11 is 0. The van der Waals surface area contributed by atoms with Crippen molar-refractivity contribution in [1.82, 2.24) is 19.9 Å². The molecule has 36 heavy (non-hydrogen) atoms. The van der Waals surface area contributed by atoms with Gasteiger partial charge in [0.2, 0.25) is 11.9 Å². The summed E-state index contributed by atoms with van der Waals surface area (Å²) in [6.45, 7) is 17.0. The zero-order valence-electron chi connectivity index (χ0n) is 23.3. The number of hydrogen-bond acceptors (Lipinski definition) is 8. The Morgan fingerprint density at radius 3 is 1.14 bits per heavy atom. The van der Waals surface area contributed by atoms with Crippen molar-refractivity contribution in [2.75, 3.05) is 72.0 Å². The van der Waals surface area contributed by atoms with Gasteiger partial charge in [0, 0.05) is 52.4 Å². The van der Waals surface area contributed by atoms with E-state index in [9.17, 15) is 0 Å². The molecule has 2 aliphatic heterocycles. The molecule has 2 saturated heterocycles. The molecule has 0 aliphatic carbocycles. The Labute approximate surface area is 218 Å². The van der Waals surface area contributed by atoms with E-state index in [1.165, 1.54) is 38.5 Å². The molecule has 0 aromatic carbocycles. The average Bonchev–Trinajstić information content (AvgIpc) is 2.92. The zero-order chi connectivity index (χ0) is 25.3. The highest BCUT2D eigenvalue weighted by atomic mass is 15.3. The minimum absolute atomic E-state index is 0.848. The maximum absolute atomic E-state index is 5.25. The number of anilines is 4. The van der Waals surface area contributed by atoms with Crippen molar-refractivity contribution in [3.63, 3.8) is 0 Å². The third-order valence-electron chi connectivity index (χ3n) is 7.33. The first-order valence-electron chi connectivity index (χ1n) is 14.8. The summed E-state index contributed by atoms with van der Waals surface area (Å²) in [5.74, 6) is 3.73. The summed E-state index contributed by atoms with van der Waals surface area (Å²) in [5, 5.41) is 0. The highest BCUT2D eigenvalue weighted by Crippen LogP contribution is 2.35. The molecule has 0 spiro atoms. The first-order valence-corrected chi connectivity index (χ1v) is 14.8. The van der Waals surface area contributed by atoms with E-state index in [1.807, 2.05) is 0 Å². The Morgan fingerprint density at radius 1 is 0.500 bits per heavy atom. The van der Waals surface area contributed by atoms with Crippen LogP contribution >= 0.6 is 0 Å². The Kier molecular flexibility index (Phi) is 9.82. The molecule has 0 atom stereocenters. The molecule has 2 aromatic heterocycles. The second kappa shape index (κ2) is 13.2. The Bertz CT molecular complexity index is 863. The van der Waals surface area contributed by atoms with Crippen LogP contribution in [0.3, 0.4) is 0 Å². The summed E-state index contributed by atoms with van der Waals surface area (Å²) < 4.78 is 0. The molecular weight excluding hydrogens is 448 g/mol. The van der Waals surface area contributed by atoms with E-state index in [1.54, 1.807) is 0 Å². The fourth-order valence-corrected chi connectivity index (χ4v) is 5.60. The van der Waals surface area contributed by atoms with Gasteiger partial charge in [-0.3, -0.25) is 0 Å². The predicted octanol–water partition coefficient (Wildman–Crippen LogP) is 5.65. The van der Waals surface area contributed by atoms with E-state index in [2.05, 4.69) is 47.3 Å². The molecule has 2 aromatic rings. The normalized spacial score (nSPS) is 16.6. The van der Waals surface area contributed by atoms with Gasteiger partial charge in [-0.2, -0.15) is 9.97 Å². The summed E-state index contributed by atoms with van der Waals surface area (Å²) in [7, 11) is 0. The number of nitrogens with zero attached hydrogens (tertiary/aromatic N) is 8. The summed E-state index contributed by atoms with van der Waals surface area (Å²) in [5.41, 5.74) is 1.88.